The van der Waals surface area contributed by atoms with Crippen molar-refractivity contribution in [2.24, 2.45) is 0 Å². The second-order valence-electron chi connectivity index (χ2n) is 2.35. The molecule has 0 aliphatic carbocycles. The highest BCUT2D eigenvalue weighted by Crippen LogP contribution is 2.40. The standard InChI is InChI=1S/C7H5ClF3NO/c8-4-2-1-3(7(9,10)11)5(12)6(4)13/h1-2,13H,12H2. The van der Waals surface area contributed by atoms with Crippen LogP contribution in [0.25, 0.3) is 0 Å². The van der Waals surface area contributed by atoms with Crippen LogP contribution in [0.2, 0.25) is 5.02 Å². The molecular weight excluding hydrogens is 207 g/mol. The second-order valence-corrected chi connectivity index (χ2v) is 2.76. The third-order valence-corrected chi connectivity index (χ3v) is 1.78. The number of anilines is 1. The summed E-state index contributed by atoms with van der Waals surface area (Å²) in [5.74, 6) is -0.739. The Balaban J connectivity index is 3.35. The summed E-state index contributed by atoms with van der Waals surface area (Å²) in [7, 11) is 0. The minimum Gasteiger partial charge on any atom is -0.504 e. The zero-order valence-electron chi connectivity index (χ0n) is 6.19. The largest absolute Gasteiger partial charge is 0.504 e. The van der Waals surface area contributed by atoms with Crippen LogP contribution in [-0.2, 0) is 6.18 Å². The van der Waals surface area contributed by atoms with Crippen molar-refractivity contribution in [1.29, 1.82) is 0 Å². The van der Waals surface area contributed by atoms with Crippen molar-refractivity contribution in [1.82, 2.24) is 0 Å². The Morgan fingerprint density at radius 1 is 1.31 bits per heavy atom. The molecule has 1 aromatic rings. The van der Waals surface area contributed by atoms with Gasteiger partial charge in [0.25, 0.3) is 0 Å². The molecule has 72 valence electrons. The van der Waals surface area contributed by atoms with Gasteiger partial charge >= 0.3 is 6.18 Å². The number of halogens is 4. The quantitative estimate of drug-likeness (QED) is 0.512. The first kappa shape index (κ1) is 9.98. The van der Waals surface area contributed by atoms with E-state index in [4.69, 9.17) is 22.4 Å². The highest BCUT2D eigenvalue weighted by Gasteiger charge is 2.34. The minimum absolute atomic E-state index is 0.203. The van der Waals surface area contributed by atoms with Gasteiger partial charge in [-0.1, -0.05) is 11.6 Å². The molecule has 6 heteroatoms. The first-order chi connectivity index (χ1) is 5.84. The molecule has 0 amide bonds. The van der Waals surface area contributed by atoms with Crippen molar-refractivity contribution in [3.63, 3.8) is 0 Å². The molecule has 0 radical (unpaired) electrons. The van der Waals surface area contributed by atoms with Gasteiger partial charge in [-0.15, -0.1) is 0 Å². The van der Waals surface area contributed by atoms with E-state index in [-0.39, 0.29) is 5.02 Å². The number of nitrogens with two attached hydrogens (primary N) is 1. The molecule has 0 aliphatic rings. The summed E-state index contributed by atoms with van der Waals surface area (Å²) in [5.41, 5.74) is 3.18. The highest BCUT2D eigenvalue weighted by molar-refractivity contribution is 6.32. The maximum Gasteiger partial charge on any atom is 0.418 e. The van der Waals surface area contributed by atoms with Gasteiger partial charge in [-0.05, 0) is 12.1 Å². The van der Waals surface area contributed by atoms with Gasteiger partial charge in [0, 0.05) is 0 Å². The van der Waals surface area contributed by atoms with Crippen LogP contribution >= 0.6 is 11.6 Å². The van der Waals surface area contributed by atoms with Gasteiger partial charge in [0.2, 0.25) is 0 Å². The molecular formula is C7H5ClF3NO. The molecule has 0 saturated carbocycles. The normalized spacial score (nSPS) is 11.7. The smallest absolute Gasteiger partial charge is 0.418 e. The Labute approximate surface area is 76.7 Å². The fourth-order valence-electron chi connectivity index (χ4n) is 0.829. The van der Waals surface area contributed by atoms with Crippen LogP contribution in [0.1, 0.15) is 5.56 Å². The van der Waals surface area contributed by atoms with Gasteiger partial charge in [-0.3, -0.25) is 0 Å². The molecule has 0 bridgehead atoms. The molecule has 0 fully saturated rings. The van der Waals surface area contributed by atoms with Crippen molar-refractivity contribution >= 4 is 17.3 Å². The number of nitrogen functional groups attached to an aromatic ring is 1. The molecule has 0 atom stereocenters. The van der Waals surface area contributed by atoms with Crippen LogP contribution in [-0.4, -0.2) is 5.11 Å². The number of hydrogen-bond donors (Lipinski definition) is 2. The summed E-state index contributed by atoms with van der Waals surface area (Å²) < 4.78 is 36.4. The molecule has 0 spiro atoms. The number of benzene rings is 1. The number of phenolic OH excluding ortho intramolecular Hbond substituents is 1. The molecule has 0 unspecified atom stereocenters. The summed E-state index contributed by atoms with van der Waals surface area (Å²) in [6.45, 7) is 0. The highest BCUT2D eigenvalue weighted by atomic mass is 35.5. The molecule has 13 heavy (non-hydrogen) atoms. The van der Waals surface area contributed by atoms with E-state index >= 15 is 0 Å². The number of alkyl halides is 3. The predicted molar refractivity (Wildman–Crippen MR) is 42.5 cm³/mol. The molecule has 0 aliphatic heterocycles. The summed E-state index contributed by atoms with van der Waals surface area (Å²) in [6, 6.07) is 1.66. The van der Waals surface area contributed by atoms with E-state index < -0.39 is 23.2 Å². The van der Waals surface area contributed by atoms with E-state index in [0.717, 1.165) is 12.1 Å². The SMILES string of the molecule is Nc1c(C(F)(F)F)ccc(Cl)c1O. The van der Waals surface area contributed by atoms with Gasteiger partial charge in [0.05, 0.1) is 16.3 Å². The lowest BCUT2D eigenvalue weighted by atomic mass is 10.1. The number of hydrogen-bond acceptors (Lipinski definition) is 2. The number of rotatable bonds is 0. The third kappa shape index (κ3) is 1.80. The topological polar surface area (TPSA) is 46.2 Å². The van der Waals surface area contributed by atoms with Crippen LogP contribution in [0.15, 0.2) is 12.1 Å². The second kappa shape index (κ2) is 2.99. The minimum atomic E-state index is -4.58. The van der Waals surface area contributed by atoms with Gasteiger partial charge in [-0.25, -0.2) is 0 Å². The van der Waals surface area contributed by atoms with E-state index in [1.54, 1.807) is 0 Å². The fourth-order valence-corrected chi connectivity index (χ4v) is 0.993. The Morgan fingerprint density at radius 3 is 2.31 bits per heavy atom. The molecule has 1 aromatic carbocycles. The third-order valence-electron chi connectivity index (χ3n) is 1.47. The van der Waals surface area contributed by atoms with E-state index in [0.29, 0.717) is 0 Å². The molecule has 0 saturated heterocycles. The predicted octanol–water partition coefficient (Wildman–Crippen LogP) is 2.65. The van der Waals surface area contributed by atoms with E-state index in [9.17, 15) is 13.2 Å². The van der Waals surface area contributed by atoms with E-state index in [1.165, 1.54) is 0 Å². The number of phenols is 1. The van der Waals surface area contributed by atoms with Gasteiger partial charge < -0.3 is 10.8 Å². The van der Waals surface area contributed by atoms with Crippen molar-refractivity contribution in [2.75, 3.05) is 5.73 Å². The molecule has 2 nitrogen and oxygen atoms in total. The molecule has 0 heterocycles. The van der Waals surface area contributed by atoms with E-state index in [1.807, 2.05) is 0 Å². The van der Waals surface area contributed by atoms with Gasteiger partial charge in [-0.2, -0.15) is 13.2 Å². The lowest BCUT2D eigenvalue weighted by Crippen LogP contribution is -2.08. The average molecular weight is 212 g/mol. The lowest BCUT2D eigenvalue weighted by molar-refractivity contribution is -0.137. The number of aromatic hydroxyl groups is 1. The molecule has 3 N–H and O–H groups in total. The Kier molecular flexibility index (Phi) is 2.30. The Morgan fingerprint density at radius 2 is 1.85 bits per heavy atom. The first-order valence-corrected chi connectivity index (χ1v) is 3.56. The van der Waals surface area contributed by atoms with Gasteiger partial charge in [0.1, 0.15) is 0 Å². The van der Waals surface area contributed by atoms with Crippen molar-refractivity contribution in [2.45, 2.75) is 6.18 Å². The summed E-state index contributed by atoms with van der Waals surface area (Å²) in [6.07, 6.45) is -4.58. The summed E-state index contributed by atoms with van der Waals surface area (Å²) in [5, 5.41) is 8.79. The van der Waals surface area contributed by atoms with E-state index in [2.05, 4.69) is 0 Å². The van der Waals surface area contributed by atoms with Crippen molar-refractivity contribution in [3.05, 3.63) is 22.7 Å². The lowest BCUT2D eigenvalue weighted by Gasteiger charge is -2.11. The van der Waals surface area contributed by atoms with Crippen LogP contribution in [0.5, 0.6) is 5.75 Å². The molecule has 0 aromatic heterocycles. The fraction of sp³-hybridized carbons (Fsp3) is 0.143. The van der Waals surface area contributed by atoms with Crippen LogP contribution in [0, 0.1) is 0 Å². The van der Waals surface area contributed by atoms with Crippen molar-refractivity contribution < 1.29 is 18.3 Å². The summed E-state index contributed by atoms with van der Waals surface area (Å²) in [4.78, 5) is 0. The van der Waals surface area contributed by atoms with Crippen LogP contribution in [0.3, 0.4) is 0 Å². The first-order valence-electron chi connectivity index (χ1n) is 3.18. The average Bonchev–Trinajstić information content (AvgIpc) is 1.98. The van der Waals surface area contributed by atoms with Gasteiger partial charge in [0.15, 0.2) is 5.75 Å². The Bertz CT molecular complexity index is 337. The maximum atomic E-state index is 12.1. The zero-order valence-corrected chi connectivity index (χ0v) is 6.95. The van der Waals surface area contributed by atoms with Crippen molar-refractivity contribution in [3.8, 4) is 5.75 Å². The summed E-state index contributed by atoms with van der Waals surface area (Å²) >= 11 is 5.34. The molecule has 1 rings (SSSR count). The Hall–Kier alpha value is -1.10. The zero-order chi connectivity index (χ0) is 10.2. The monoisotopic (exact) mass is 211 g/mol. The van der Waals surface area contributed by atoms with Crippen LogP contribution < -0.4 is 5.73 Å². The maximum absolute atomic E-state index is 12.1. The van der Waals surface area contributed by atoms with Crippen LogP contribution in [0.4, 0.5) is 18.9 Å².